The van der Waals surface area contributed by atoms with Crippen LogP contribution in [0.3, 0.4) is 0 Å². The highest BCUT2D eigenvalue weighted by Crippen LogP contribution is 2.18. The monoisotopic (exact) mass is 236 g/mol. The molecule has 1 aromatic rings. The maximum Gasteiger partial charge on any atom is 0.161 e. The van der Waals surface area contributed by atoms with E-state index in [1.54, 1.807) is 12.1 Å². The normalized spacial score (nSPS) is 12.2. The molecule has 0 fully saturated rings. The van der Waals surface area contributed by atoms with Gasteiger partial charge in [-0.05, 0) is 39.0 Å². The van der Waals surface area contributed by atoms with Crippen LogP contribution >= 0.6 is 0 Å². The van der Waals surface area contributed by atoms with E-state index < -0.39 is 0 Å². The first kappa shape index (κ1) is 13.5. The van der Waals surface area contributed by atoms with Crippen LogP contribution in [0.2, 0.25) is 0 Å². The fourth-order valence-corrected chi connectivity index (χ4v) is 1.58. The molecule has 0 bridgehead atoms. The number of carbonyl (C=O) groups excluding carboxylic acids is 1. The van der Waals surface area contributed by atoms with Crippen LogP contribution in [0.5, 0.6) is 0 Å². The molecule has 0 radical (unpaired) electrons. The molecule has 0 amide bonds. The van der Waals surface area contributed by atoms with Crippen LogP contribution in [0.15, 0.2) is 18.2 Å². The fraction of sp³-hybridized carbons (Fsp3) is 0.462. The smallest absolute Gasteiger partial charge is 0.161 e. The zero-order valence-corrected chi connectivity index (χ0v) is 10.6. The second kappa shape index (κ2) is 6.25. The molecule has 0 saturated heterocycles. The summed E-state index contributed by atoms with van der Waals surface area (Å²) in [5.41, 5.74) is 7.68. The summed E-state index contributed by atoms with van der Waals surface area (Å²) >= 11 is 0. The summed E-state index contributed by atoms with van der Waals surface area (Å²) in [6.45, 7) is 6.88. The fourth-order valence-electron chi connectivity index (χ4n) is 1.58. The molecule has 1 atom stereocenters. The Morgan fingerprint density at radius 3 is 2.82 bits per heavy atom. The van der Waals surface area contributed by atoms with Gasteiger partial charge in [0.15, 0.2) is 5.78 Å². The van der Waals surface area contributed by atoms with Crippen LogP contribution in [-0.4, -0.2) is 25.0 Å². The summed E-state index contributed by atoms with van der Waals surface area (Å²) in [6, 6.07) is 5.38. The minimum atomic E-state index is -0.0241. The molecule has 0 spiro atoms. The molecule has 0 aliphatic heterocycles. The maximum absolute atomic E-state index is 11.3. The molecule has 0 aliphatic carbocycles. The molecule has 0 heterocycles. The first-order valence-electron chi connectivity index (χ1n) is 5.80. The van der Waals surface area contributed by atoms with Crippen LogP contribution in [0.25, 0.3) is 0 Å². The molecule has 3 N–H and O–H groups in total. The highest BCUT2D eigenvalue weighted by atomic mass is 16.5. The Balaban J connectivity index is 2.66. The molecule has 0 aliphatic rings. The van der Waals surface area contributed by atoms with Gasteiger partial charge in [-0.2, -0.15) is 0 Å². The zero-order chi connectivity index (χ0) is 12.8. The average molecular weight is 236 g/mol. The number of nitrogens with one attached hydrogen (secondary N) is 1. The first-order chi connectivity index (χ1) is 8.04. The molecule has 94 valence electrons. The molecular formula is C13H20N2O2. The number of hydrogen-bond acceptors (Lipinski definition) is 4. The van der Waals surface area contributed by atoms with E-state index in [-0.39, 0.29) is 11.9 Å². The Labute approximate surface area is 102 Å². The van der Waals surface area contributed by atoms with Gasteiger partial charge in [-0.3, -0.25) is 4.79 Å². The zero-order valence-electron chi connectivity index (χ0n) is 10.6. The number of rotatable bonds is 6. The standard InChI is InChI=1S/C13H20N2O2/c1-4-17-9(2)8-15-11-5-6-13(14)12(7-11)10(3)16/h5-7,9,15H,4,8,14H2,1-3H3. The molecular weight excluding hydrogens is 216 g/mol. The predicted molar refractivity (Wildman–Crippen MR) is 70.4 cm³/mol. The Morgan fingerprint density at radius 1 is 1.53 bits per heavy atom. The van der Waals surface area contributed by atoms with E-state index in [4.69, 9.17) is 10.5 Å². The van der Waals surface area contributed by atoms with Crippen molar-refractivity contribution in [3.63, 3.8) is 0 Å². The van der Waals surface area contributed by atoms with Gasteiger partial charge in [0, 0.05) is 30.1 Å². The summed E-state index contributed by atoms with van der Waals surface area (Å²) in [6.07, 6.45) is 0.137. The number of benzene rings is 1. The SMILES string of the molecule is CCOC(C)CNc1ccc(N)c(C(C)=O)c1. The number of ketones is 1. The second-order valence-electron chi connectivity index (χ2n) is 4.01. The Bertz CT molecular complexity index is 391. The van der Waals surface area contributed by atoms with Crippen LogP contribution in [-0.2, 0) is 4.74 Å². The molecule has 17 heavy (non-hydrogen) atoms. The van der Waals surface area contributed by atoms with Crippen LogP contribution in [0.4, 0.5) is 11.4 Å². The average Bonchev–Trinajstić information content (AvgIpc) is 2.28. The van der Waals surface area contributed by atoms with Crippen molar-refractivity contribution in [3.8, 4) is 0 Å². The van der Waals surface area contributed by atoms with E-state index in [1.165, 1.54) is 6.92 Å². The summed E-state index contributed by atoms with van der Waals surface area (Å²) in [4.78, 5) is 11.3. The predicted octanol–water partition coefficient (Wildman–Crippen LogP) is 2.31. The summed E-state index contributed by atoms with van der Waals surface area (Å²) in [5.74, 6) is -0.0241. The third kappa shape index (κ3) is 4.07. The number of Topliss-reactive ketones (excluding diaryl/α,β-unsaturated/α-hetero) is 1. The van der Waals surface area contributed by atoms with Crippen molar-refractivity contribution >= 4 is 17.2 Å². The Kier molecular flexibility index (Phi) is 4.97. The molecule has 0 aromatic heterocycles. The van der Waals surface area contributed by atoms with E-state index in [0.717, 1.165) is 5.69 Å². The quantitative estimate of drug-likeness (QED) is 0.587. The van der Waals surface area contributed by atoms with Gasteiger partial charge in [-0.1, -0.05) is 0 Å². The molecule has 0 saturated carbocycles. The van der Waals surface area contributed by atoms with Gasteiger partial charge < -0.3 is 15.8 Å². The van der Waals surface area contributed by atoms with E-state index >= 15 is 0 Å². The van der Waals surface area contributed by atoms with Crippen molar-refractivity contribution in [2.75, 3.05) is 24.2 Å². The third-order valence-corrected chi connectivity index (χ3v) is 2.48. The Morgan fingerprint density at radius 2 is 2.24 bits per heavy atom. The number of nitrogens with two attached hydrogens (primary N) is 1. The third-order valence-electron chi connectivity index (χ3n) is 2.48. The summed E-state index contributed by atoms with van der Waals surface area (Å²) < 4.78 is 5.41. The first-order valence-corrected chi connectivity index (χ1v) is 5.80. The lowest BCUT2D eigenvalue weighted by Crippen LogP contribution is -2.19. The summed E-state index contributed by atoms with van der Waals surface area (Å²) in [7, 11) is 0. The van der Waals surface area contributed by atoms with Crippen molar-refractivity contribution < 1.29 is 9.53 Å². The lowest BCUT2D eigenvalue weighted by Gasteiger charge is -2.14. The van der Waals surface area contributed by atoms with Gasteiger partial charge in [0.2, 0.25) is 0 Å². The number of hydrogen-bond donors (Lipinski definition) is 2. The topological polar surface area (TPSA) is 64.3 Å². The molecule has 4 heteroatoms. The summed E-state index contributed by atoms with van der Waals surface area (Å²) in [5, 5.41) is 3.22. The Hall–Kier alpha value is -1.55. The van der Waals surface area contributed by atoms with E-state index in [1.807, 2.05) is 19.9 Å². The van der Waals surface area contributed by atoms with Crippen LogP contribution < -0.4 is 11.1 Å². The van der Waals surface area contributed by atoms with Crippen molar-refractivity contribution in [2.24, 2.45) is 0 Å². The lowest BCUT2D eigenvalue weighted by atomic mass is 10.1. The number of anilines is 2. The van der Waals surface area contributed by atoms with E-state index in [0.29, 0.717) is 24.4 Å². The van der Waals surface area contributed by atoms with Crippen molar-refractivity contribution in [1.29, 1.82) is 0 Å². The van der Waals surface area contributed by atoms with Crippen molar-refractivity contribution in [2.45, 2.75) is 26.9 Å². The van der Waals surface area contributed by atoms with Crippen LogP contribution in [0, 0.1) is 0 Å². The highest BCUT2D eigenvalue weighted by Gasteiger charge is 2.06. The van der Waals surface area contributed by atoms with E-state index in [9.17, 15) is 4.79 Å². The van der Waals surface area contributed by atoms with Gasteiger partial charge in [-0.15, -0.1) is 0 Å². The minimum absolute atomic E-state index is 0.0241. The second-order valence-corrected chi connectivity index (χ2v) is 4.01. The lowest BCUT2D eigenvalue weighted by molar-refractivity contribution is 0.0855. The molecule has 4 nitrogen and oxygen atoms in total. The van der Waals surface area contributed by atoms with Gasteiger partial charge >= 0.3 is 0 Å². The van der Waals surface area contributed by atoms with Gasteiger partial charge in [0.1, 0.15) is 0 Å². The number of nitrogen functional groups attached to an aromatic ring is 1. The van der Waals surface area contributed by atoms with Gasteiger partial charge in [-0.25, -0.2) is 0 Å². The molecule has 1 unspecified atom stereocenters. The highest BCUT2D eigenvalue weighted by molar-refractivity contribution is 5.99. The van der Waals surface area contributed by atoms with Crippen molar-refractivity contribution in [1.82, 2.24) is 0 Å². The van der Waals surface area contributed by atoms with Gasteiger partial charge in [0.25, 0.3) is 0 Å². The van der Waals surface area contributed by atoms with Gasteiger partial charge in [0.05, 0.1) is 6.10 Å². The van der Waals surface area contributed by atoms with E-state index in [2.05, 4.69) is 5.32 Å². The molecule has 1 rings (SSSR count). The number of ether oxygens (including phenoxy) is 1. The largest absolute Gasteiger partial charge is 0.398 e. The van der Waals surface area contributed by atoms with Crippen LogP contribution in [0.1, 0.15) is 31.1 Å². The molecule has 1 aromatic carbocycles. The maximum atomic E-state index is 11.3. The minimum Gasteiger partial charge on any atom is -0.398 e. The number of carbonyl (C=O) groups is 1. The van der Waals surface area contributed by atoms with Crippen molar-refractivity contribution in [3.05, 3.63) is 23.8 Å².